The molecule has 0 spiro atoms. The molecular weight excluding hydrogens is 316 g/mol. The van der Waals surface area contributed by atoms with Crippen LogP contribution in [-0.4, -0.2) is 41.3 Å². The Morgan fingerprint density at radius 3 is 2.96 bits per heavy atom. The van der Waals surface area contributed by atoms with Crippen LogP contribution >= 0.6 is 12.4 Å². The Hall–Kier alpha value is -1.89. The summed E-state index contributed by atoms with van der Waals surface area (Å²) in [6.45, 7) is 2.76. The second kappa shape index (κ2) is 8.67. The third-order valence-corrected chi connectivity index (χ3v) is 3.59. The summed E-state index contributed by atoms with van der Waals surface area (Å²) in [5, 5.41) is 6.15. The fraction of sp³-hybridized carbons (Fsp3) is 0.375. The lowest BCUT2D eigenvalue weighted by molar-refractivity contribution is -0.117. The van der Waals surface area contributed by atoms with Crippen molar-refractivity contribution in [3.05, 3.63) is 48.3 Å². The molecule has 1 unspecified atom stereocenters. The Bertz CT molecular complexity index is 612. The average molecular weight is 337 g/mol. The molecule has 0 radical (unpaired) electrons. The Morgan fingerprint density at radius 1 is 1.39 bits per heavy atom. The Morgan fingerprint density at radius 2 is 2.22 bits per heavy atom. The molecule has 1 aliphatic rings. The summed E-state index contributed by atoms with van der Waals surface area (Å²) in [6.07, 6.45) is 3.95. The van der Waals surface area contributed by atoms with E-state index in [1.807, 2.05) is 29.0 Å². The Labute approximate surface area is 141 Å². The zero-order chi connectivity index (χ0) is 15.2. The molecule has 23 heavy (non-hydrogen) atoms. The second-order valence-corrected chi connectivity index (χ2v) is 5.34. The topological polar surface area (TPSA) is 68.2 Å². The molecule has 2 N–H and O–H groups in total. The number of rotatable bonds is 5. The van der Waals surface area contributed by atoms with Gasteiger partial charge < -0.3 is 14.6 Å². The Kier molecular flexibility index (Phi) is 6.58. The van der Waals surface area contributed by atoms with E-state index in [1.54, 1.807) is 6.20 Å². The van der Waals surface area contributed by atoms with Gasteiger partial charge >= 0.3 is 0 Å². The number of nitrogens with one attached hydrogen (secondary N) is 2. The molecule has 1 aliphatic heterocycles. The predicted octanol–water partition coefficient (Wildman–Crippen LogP) is 1.67. The zero-order valence-corrected chi connectivity index (χ0v) is 13.6. The summed E-state index contributed by atoms with van der Waals surface area (Å²) < 4.78 is 7.29. The maximum absolute atomic E-state index is 12.1. The van der Waals surface area contributed by atoms with Gasteiger partial charge in [0.15, 0.2) is 0 Å². The molecule has 124 valence electrons. The van der Waals surface area contributed by atoms with Crippen LogP contribution in [0.2, 0.25) is 0 Å². The zero-order valence-electron chi connectivity index (χ0n) is 12.8. The van der Waals surface area contributed by atoms with Crippen LogP contribution in [-0.2, 0) is 16.1 Å². The van der Waals surface area contributed by atoms with Gasteiger partial charge in [-0.3, -0.25) is 10.1 Å². The monoisotopic (exact) mass is 336 g/mol. The van der Waals surface area contributed by atoms with Crippen molar-refractivity contribution >= 4 is 24.3 Å². The average Bonchev–Trinajstić information content (AvgIpc) is 2.96. The van der Waals surface area contributed by atoms with Crippen molar-refractivity contribution in [2.45, 2.75) is 19.0 Å². The van der Waals surface area contributed by atoms with Crippen molar-refractivity contribution < 1.29 is 9.53 Å². The second-order valence-electron chi connectivity index (χ2n) is 5.34. The molecule has 1 fully saturated rings. The van der Waals surface area contributed by atoms with E-state index in [9.17, 15) is 4.79 Å². The number of imidazole rings is 1. The molecule has 0 saturated carbocycles. The summed E-state index contributed by atoms with van der Waals surface area (Å²) in [6, 6.07) is 10.2. The third kappa shape index (κ3) is 5.06. The van der Waals surface area contributed by atoms with Crippen molar-refractivity contribution in [1.29, 1.82) is 0 Å². The number of nitrogens with zero attached hydrogens (tertiary/aromatic N) is 2. The van der Waals surface area contributed by atoms with Gasteiger partial charge in [-0.05, 0) is 5.56 Å². The van der Waals surface area contributed by atoms with Crippen LogP contribution in [0.4, 0.5) is 5.95 Å². The fourth-order valence-electron chi connectivity index (χ4n) is 2.49. The van der Waals surface area contributed by atoms with Crippen LogP contribution < -0.4 is 10.6 Å². The van der Waals surface area contributed by atoms with Gasteiger partial charge in [-0.15, -0.1) is 12.4 Å². The number of halogens is 1. The molecule has 3 rings (SSSR count). The number of morpholine rings is 1. The van der Waals surface area contributed by atoms with Crippen LogP contribution in [0, 0.1) is 0 Å². The summed E-state index contributed by atoms with van der Waals surface area (Å²) in [5.41, 5.74) is 1.17. The predicted molar refractivity (Wildman–Crippen MR) is 90.9 cm³/mol. The van der Waals surface area contributed by atoms with Crippen molar-refractivity contribution in [2.75, 3.05) is 25.1 Å². The first-order chi connectivity index (χ1) is 10.8. The van der Waals surface area contributed by atoms with Crippen LogP contribution in [0.1, 0.15) is 12.0 Å². The molecule has 2 aromatic rings. The highest BCUT2D eigenvalue weighted by atomic mass is 35.5. The maximum atomic E-state index is 12.1. The standard InChI is InChI=1S/C16H20N4O2.ClH/c21-15(10-14-12-22-9-7-17-14)19-16-18-6-8-20(16)11-13-4-2-1-3-5-13;/h1-6,8,14,17H,7,9-12H2,(H,18,19,21);1H. The van der Waals surface area contributed by atoms with Gasteiger partial charge in [-0.2, -0.15) is 0 Å². The van der Waals surface area contributed by atoms with Gasteiger partial charge in [0, 0.05) is 31.4 Å². The van der Waals surface area contributed by atoms with E-state index in [4.69, 9.17) is 4.74 Å². The minimum absolute atomic E-state index is 0. The lowest BCUT2D eigenvalue weighted by Gasteiger charge is -2.23. The van der Waals surface area contributed by atoms with Gasteiger partial charge in [0.25, 0.3) is 0 Å². The van der Waals surface area contributed by atoms with Crippen LogP contribution in [0.25, 0.3) is 0 Å². The number of carbonyl (C=O) groups excluding carboxylic acids is 1. The van der Waals surface area contributed by atoms with Crippen LogP contribution in [0.15, 0.2) is 42.7 Å². The molecule has 1 saturated heterocycles. The normalized spacial score (nSPS) is 17.3. The number of benzene rings is 1. The molecule has 0 bridgehead atoms. The maximum Gasteiger partial charge on any atom is 0.228 e. The van der Waals surface area contributed by atoms with Crippen LogP contribution in [0.5, 0.6) is 0 Å². The number of aromatic nitrogens is 2. The summed E-state index contributed by atoms with van der Waals surface area (Å²) in [4.78, 5) is 16.3. The van der Waals surface area contributed by atoms with E-state index in [2.05, 4.69) is 27.8 Å². The Balaban J connectivity index is 0.00000192. The highest BCUT2D eigenvalue weighted by Gasteiger charge is 2.18. The molecule has 1 aromatic carbocycles. The first-order valence-electron chi connectivity index (χ1n) is 7.47. The number of anilines is 1. The fourth-order valence-corrected chi connectivity index (χ4v) is 2.49. The SMILES string of the molecule is Cl.O=C(CC1COCCN1)Nc1nccn1Cc1ccccc1. The smallest absolute Gasteiger partial charge is 0.228 e. The molecule has 1 amide bonds. The van der Waals surface area contributed by atoms with Crippen molar-refractivity contribution in [3.63, 3.8) is 0 Å². The van der Waals surface area contributed by atoms with E-state index in [0.29, 0.717) is 32.1 Å². The molecule has 0 aliphatic carbocycles. The molecule has 1 atom stereocenters. The van der Waals surface area contributed by atoms with Crippen LogP contribution in [0.3, 0.4) is 0 Å². The first-order valence-corrected chi connectivity index (χ1v) is 7.47. The highest BCUT2D eigenvalue weighted by molar-refractivity contribution is 5.89. The molecule has 2 heterocycles. The summed E-state index contributed by atoms with van der Waals surface area (Å²) in [5.74, 6) is 0.522. The van der Waals surface area contributed by atoms with Crippen molar-refractivity contribution in [3.8, 4) is 0 Å². The lowest BCUT2D eigenvalue weighted by Crippen LogP contribution is -2.43. The minimum atomic E-state index is -0.0523. The number of amides is 1. The van der Waals surface area contributed by atoms with Gasteiger partial charge in [0.05, 0.1) is 19.8 Å². The van der Waals surface area contributed by atoms with E-state index < -0.39 is 0 Å². The van der Waals surface area contributed by atoms with Gasteiger partial charge in [-0.1, -0.05) is 30.3 Å². The summed E-state index contributed by atoms with van der Waals surface area (Å²) >= 11 is 0. The quantitative estimate of drug-likeness (QED) is 0.871. The van der Waals surface area contributed by atoms with E-state index in [-0.39, 0.29) is 24.4 Å². The van der Waals surface area contributed by atoms with E-state index in [1.165, 1.54) is 5.56 Å². The van der Waals surface area contributed by atoms with E-state index >= 15 is 0 Å². The van der Waals surface area contributed by atoms with Crippen molar-refractivity contribution in [1.82, 2.24) is 14.9 Å². The summed E-state index contributed by atoms with van der Waals surface area (Å²) in [7, 11) is 0. The van der Waals surface area contributed by atoms with Crippen molar-refractivity contribution in [2.24, 2.45) is 0 Å². The molecule has 1 aromatic heterocycles. The highest BCUT2D eigenvalue weighted by Crippen LogP contribution is 2.10. The first kappa shape index (κ1) is 17.5. The van der Waals surface area contributed by atoms with Gasteiger partial charge in [0.2, 0.25) is 11.9 Å². The number of ether oxygens (including phenoxy) is 1. The molecule has 7 heteroatoms. The third-order valence-electron chi connectivity index (χ3n) is 3.59. The van der Waals surface area contributed by atoms with Gasteiger partial charge in [-0.25, -0.2) is 4.98 Å². The number of hydrogen-bond donors (Lipinski definition) is 2. The minimum Gasteiger partial charge on any atom is -0.378 e. The number of carbonyl (C=O) groups is 1. The lowest BCUT2D eigenvalue weighted by atomic mass is 10.2. The largest absolute Gasteiger partial charge is 0.378 e. The molecular formula is C16H21ClN4O2. The molecule has 6 nitrogen and oxygen atoms in total. The number of hydrogen-bond acceptors (Lipinski definition) is 4. The van der Waals surface area contributed by atoms with E-state index in [0.717, 1.165) is 6.54 Å². The van der Waals surface area contributed by atoms with Gasteiger partial charge in [0.1, 0.15) is 0 Å².